The van der Waals surface area contributed by atoms with Crippen LogP contribution in [-0.2, 0) is 13.5 Å². The summed E-state index contributed by atoms with van der Waals surface area (Å²) in [5.41, 5.74) is 2.40. The fourth-order valence-corrected chi connectivity index (χ4v) is 4.48. The summed E-state index contributed by atoms with van der Waals surface area (Å²) in [5.74, 6) is 3.42. The van der Waals surface area contributed by atoms with Crippen molar-refractivity contribution in [2.75, 3.05) is 18.1 Å². The summed E-state index contributed by atoms with van der Waals surface area (Å²) < 4.78 is 3.20. The van der Waals surface area contributed by atoms with Gasteiger partial charge in [-0.3, -0.25) is 4.68 Å². The van der Waals surface area contributed by atoms with Crippen LogP contribution in [0.2, 0.25) is 0 Å². The van der Waals surface area contributed by atoms with E-state index < -0.39 is 0 Å². The molecule has 2 heterocycles. The summed E-state index contributed by atoms with van der Waals surface area (Å²) in [7, 11) is 2.04. The summed E-state index contributed by atoms with van der Waals surface area (Å²) >= 11 is 5.76. The second-order valence-electron chi connectivity index (χ2n) is 4.96. The van der Waals surface area contributed by atoms with Crippen LogP contribution in [0.15, 0.2) is 4.47 Å². The second kappa shape index (κ2) is 6.44. The molecule has 0 radical (unpaired) electrons. The van der Waals surface area contributed by atoms with Gasteiger partial charge in [0.15, 0.2) is 0 Å². The van der Waals surface area contributed by atoms with E-state index in [2.05, 4.69) is 52.0 Å². The molecule has 0 amide bonds. The number of aromatic nitrogens is 2. The van der Waals surface area contributed by atoms with Crippen LogP contribution in [0.25, 0.3) is 0 Å². The Morgan fingerprint density at radius 3 is 2.89 bits per heavy atom. The fraction of sp³-hybridized carbons (Fsp3) is 0.769. The van der Waals surface area contributed by atoms with Gasteiger partial charge in [0.1, 0.15) is 0 Å². The number of aryl methyl sites for hydroxylation is 2. The minimum absolute atomic E-state index is 0.580. The van der Waals surface area contributed by atoms with Crippen molar-refractivity contribution in [2.24, 2.45) is 13.0 Å². The number of halogens is 1. The summed E-state index contributed by atoms with van der Waals surface area (Å²) in [4.78, 5) is 0. The second-order valence-corrected chi connectivity index (χ2v) is 6.90. The van der Waals surface area contributed by atoms with Gasteiger partial charge < -0.3 is 5.32 Å². The molecule has 5 heteroatoms. The molecule has 0 saturated carbocycles. The summed E-state index contributed by atoms with van der Waals surface area (Å²) in [6.07, 6.45) is 2.41. The number of hydrogen-bond donors (Lipinski definition) is 1. The quantitative estimate of drug-likeness (QED) is 0.899. The molecule has 1 aromatic heterocycles. The Kier molecular flexibility index (Phi) is 5.15. The van der Waals surface area contributed by atoms with Gasteiger partial charge in [0, 0.05) is 19.5 Å². The Morgan fingerprint density at radius 2 is 2.39 bits per heavy atom. The van der Waals surface area contributed by atoms with Gasteiger partial charge in [-0.25, -0.2) is 0 Å². The van der Waals surface area contributed by atoms with Crippen LogP contribution in [0.1, 0.15) is 24.7 Å². The highest BCUT2D eigenvalue weighted by molar-refractivity contribution is 9.10. The average Bonchev–Trinajstić information content (AvgIpc) is 2.93. The summed E-state index contributed by atoms with van der Waals surface area (Å²) in [6, 6.07) is 0.580. The number of nitrogens with one attached hydrogen (secondary N) is 1. The van der Waals surface area contributed by atoms with Crippen molar-refractivity contribution in [2.45, 2.75) is 32.7 Å². The standard InChI is InChI=1S/C13H22BrN3S/c1-4-15-11(10-5-6-18-8-10)7-12-13(14)9(2)16-17(12)3/h10-11,15H,4-8H2,1-3H3. The Morgan fingerprint density at radius 1 is 1.61 bits per heavy atom. The van der Waals surface area contributed by atoms with Gasteiger partial charge >= 0.3 is 0 Å². The van der Waals surface area contributed by atoms with Crippen LogP contribution in [0.5, 0.6) is 0 Å². The first-order valence-electron chi connectivity index (χ1n) is 6.62. The highest BCUT2D eigenvalue weighted by atomic mass is 79.9. The van der Waals surface area contributed by atoms with Gasteiger partial charge in [0.05, 0.1) is 15.9 Å². The zero-order valence-electron chi connectivity index (χ0n) is 11.4. The lowest BCUT2D eigenvalue weighted by Gasteiger charge is -2.24. The minimum atomic E-state index is 0.580. The highest BCUT2D eigenvalue weighted by Crippen LogP contribution is 2.29. The summed E-state index contributed by atoms with van der Waals surface area (Å²) in [5, 5.41) is 8.15. The molecule has 0 spiro atoms. The van der Waals surface area contributed by atoms with E-state index in [9.17, 15) is 0 Å². The molecule has 1 fully saturated rings. The predicted molar refractivity (Wildman–Crippen MR) is 82.2 cm³/mol. The van der Waals surface area contributed by atoms with Crippen molar-refractivity contribution >= 4 is 27.7 Å². The molecule has 18 heavy (non-hydrogen) atoms. The monoisotopic (exact) mass is 331 g/mol. The van der Waals surface area contributed by atoms with E-state index in [-0.39, 0.29) is 0 Å². The Balaban J connectivity index is 2.12. The lowest BCUT2D eigenvalue weighted by Crippen LogP contribution is -2.38. The van der Waals surface area contributed by atoms with Gasteiger partial charge in [0.25, 0.3) is 0 Å². The fourth-order valence-electron chi connectivity index (χ4n) is 2.65. The van der Waals surface area contributed by atoms with Crippen molar-refractivity contribution in [1.29, 1.82) is 0 Å². The molecular formula is C13H22BrN3S. The Hall–Kier alpha value is -0.000000000000000111. The molecular weight excluding hydrogens is 310 g/mol. The van der Waals surface area contributed by atoms with E-state index in [4.69, 9.17) is 0 Å². The summed E-state index contributed by atoms with van der Waals surface area (Å²) in [6.45, 7) is 5.29. The molecule has 1 aliphatic rings. The van der Waals surface area contributed by atoms with Gasteiger partial charge in [-0.05, 0) is 53.2 Å². The van der Waals surface area contributed by atoms with Crippen LogP contribution in [-0.4, -0.2) is 33.9 Å². The number of likely N-dealkylation sites (N-methyl/N-ethyl adjacent to an activating group) is 1. The normalized spacial score (nSPS) is 21.4. The molecule has 0 aliphatic carbocycles. The maximum absolute atomic E-state index is 4.49. The third kappa shape index (κ3) is 3.11. The van der Waals surface area contributed by atoms with Gasteiger partial charge in [-0.15, -0.1) is 0 Å². The molecule has 102 valence electrons. The van der Waals surface area contributed by atoms with E-state index in [1.165, 1.54) is 28.1 Å². The van der Waals surface area contributed by atoms with Crippen LogP contribution in [0.3, 0.4) is 0 Å². The molecule has 2 unspecified atom stereocenters. The zero-order chi connectivity index (χ0) is 13.1. The van der Waals surface area contributed by atoms with Gasteiger partial charge in [0.2, 0.25) is 0 Å². The van der Waals surface area contributed by atoms with E-state index in [0.29, 0.717) is 6.04 Å². The van der Waals surface area contributed by atoms with E-state index >= 15 is 0 Å². The first-order valence-corrected chi connectivity index (χ1v) is 8.57. The molecule has 0 aromatic carbocycles. The van der Waals surface area contributed by atoms with Crippen LogP contribution >= 0.6 is 27.7 Å². The van der Waals surface area contributed by atoms with Crippen molar-refractivity contribution in [3.05, 3.63) is 15.9 Å². The molecule has 1 aliphatic heterocycles. The zero-order valence-corrected chi connectivity index (χ0v) is 13.8. The molecule has 3 nitrogen and oxygen atoms in total. The average molecular weight is 332 g/mol. The lowest BCUT2D eigenvalue weighted by atomic mass is 9.95. The van der Waals surface area contributed by atoms with E-state index in [0.717, 1.165) is 24.6 Å². The number of nitrogens with zero attached hydrogens (tertiary/aromatic N) is 2. The third-order valence-corrected chi connectivity index (χ3v) is 5.89. The van der Waals surface area contributed by atoms with Crippen molar-refractivity contribution in [3.8, 4) is 0 Å². The minimum Gasteiger partial charge on any atom is -0.314 e. The predicted octanol–water partition coefficient (Wildman–Crippen LogP) is 2.76. The van der Waals surface area contributed by atoms with Crippen LogP contribution in [0, 0.1) is 12.8 Å². The number of thioether (sulfide) groups is 1. The molecule has 2 atom stereocenters. The van der Waals surface area contributed by atoms with E-state index in [1.807, 2.05) is 11.7 Å². The highest BCUT2D eigenvalue weighted by Gasteiger charge is 2.26. The lowest BCUT2D eigenvalue weighted by molar-refractivity contribution is 0.380. The molecule has 0 bridgehead atoms. The van der Waals surface area contributed by atoms with Crippen molar-refractivity contribution in [3.63, 3.8) is 0 Å². The van der Waals surface area contributed by atoms with E-state index in [1.54, 1.807) is 0 Å². The molecule has 1 aromatic rings. The number of rotatable bonds is 5. The Labute approximate surface area is 122 Å². The van der Waals surface area contributed by atoms with Crippen LogP contribution in [0.4, 0.5) is 0 Å². The van der Waals surface area contributed by atoms with Gasteiger partial charge in [-0.1, -0.05) is 6.92 Å². The molecule has 1 N–H and O–H groups in total. The van der Waals surface area contributed by atoms with Crippen molar-refractivity contribution in [1.82, 2.24) is 15.1 Å². The number of hydrogen-bond acceptors (Lipinski definition) is 3. The van der Waals surface area contributed by atoms with Crippen LogP contribution < -0.4 is 5.32 Å². The topological polar surface area (TPSA) is 29.9 Å². The Bertz CT molecular complexity index is 399. The van der Waals surface area contributed by atoms with Crippen molar-refractivity contribution < 1.29 is 0 Å². The maximum atomic E-state index is 4.49. The largest absolute Gasteiger partial charge is 0.314 e. The SMILES string of the molecule is CCNC(Cc1c(Br)c(C)nn1C)C1CCSC1. The van der Waals surface area contributed by atoms with Gasteiger partial charge in [-0.2, -0.15) is 16.9 Å². The first kappa shape index (κ1) is 14.4. The first-order chi connectivity index (χ1) is 8.63. The third-order valence-electron chi connectivity index (χ3n) is 3.68. The molecule has 1 saturated heterocycles. The maximum Gasteiger partial charge on any atom is 0.0738 e. The smallest absolute Gasteiger partial charge is 0.0738 e. The molecule has 2 rings (SSSR count).